The van der Waals surface area contributed by atoms with Crippen molar-refractivity contribution in [3.8, 4) is 5.75 Å². The van der Waals surface area contributed by atoms with Gasteiger partial charge in [-0.2, -0.15) is 0 Å². The van der Waals surface area contributed by atoms with E-state index in [-0.39, 0.29) is 5.91 Å². The third kappa shape index (κ3) is 5.73. The number of carbonyl (C=O) groups excluding carboxylic acids is 1. The molecule has 0 saturated heterocycles. The maximum absolute atomic E-state index is 12.1. The summed E-state index contributed by atoms with van der Waals surface area (Å²) in [5.41, 5.74) is 7.69. The Kier molecular flexibility index (Phi) is 6.59. The molecule has 0 saturated carbocycles. The summed E-state index contributed by atoms with van der Waals surface area (Å²) >= 11 is 0. The van der Waals surface area contributed by atoms with Crippen molar-refractivity contribution in [1.29, 1.82) is 0 Å². The number of benzene rings is 2. The van der Waals surface area contributed by atoms with Crippen molar-refractivity contribution >= 4 is 11.6 Å². The molecule has 1 atom stereocenters. The molecule has 0 bridgehead atoms. The molecule has 3 N–H and O–H groups in total. The van der Waals surface area contributed by atoms with Crippen LogP contribution in [0.2, 0.25) is 0 Å². The maximum atomic E-state index is 12.1. The standard InChI is InChI=1S/C18H22N2O3/c1-22-11-12-23-16-9-7-15(8-10-16)20-18(21)17(19)13-14-5-3-2-4-6-14/h2-10,17H,11-13,19H2,1H3,(H,20,21). The lowest BCUT2D eigenvalue weighted by Gasteiger charge is -2.13. The second-order valence-corrected chi connectivity index (χ2v) is 5.15. The van der Waals surface area contributed by atoms with Gasteiger partial charge in [0, 0.05) is 12.8 Å². The zero-order chi connectivity index (χ0) is 16.5. The number of nitrogens with two attached hydrogens (primary N) is 1. The molecule has 0 aliphatic carbocycles. The summed E-state index contributed by atoms with van der Waals surface area (Å²) in [5.74, 6) is 0.524. The maximum Gasteiger partial charge on any atom is 0.241 e. The smallest absolute Gasteiger partial charge is 0.241 e. The molecule has 0 spiro atoms. The zero-order valence-corrected chi connectivity index (χ0v) is 13.2. The average Bonchev–Trinajstić information content (AvgIpc) is 2.57. The monoisotopic (exact) mass is 314 g/mol. The van der Waals surface area contributed by atoms with Gasteiger partial charge in [-0.15, -0.1) is 0 Å². The van der Waals surface area contributed by atoms with E-state index in [4.69, 9.17) is 15.2 Å². The van der Waals surface area contributed by atoms with Crippen LogP contribution in [0.4, 0.5) is 5.69 Å². The van der Waals surface area contributed by atoms with Gasteiger partial charge in [0.25, 0.3) is 0 Å². The minimum Gasteiger partial charge on any atom is -0.491 e. The molecule has 2 rings (SSSR count). The van der Waals surface area contributed by atoms with Gasteiger partial charge >= 0.3 is 0 Å². The molecule has 122 valence electrons. The molecule has 0 fully saturated rings. The largest absolute Gasteiger partial charge is 0.491 e. The average molecular weight is 314 g/mol. The highest BCUT2D eigenvalue weighted by atomic mass is 16.5. The highest BCUT2D eigenvalue weighted by molar-refractivity contribution is 5.94. The van der Waals surface area contributed by atoms with Crippen LogP contribution in [0, 0.1) is 0 Å². The van der Waals surface area contributed by atoms with E-state index in [0.29, 0.717) is 25.3 Å². The van der Waals surface area contributed by atoms with Gasteiger partial charge in [0.1, 0.15) is 12.4 Å². The van der Waals surface area contributed by atoms with Gasteiger partial charge in [-0.3, -0.25) is 4.79 Å². The van der Waals surface area contributed by atoms with E-state index in [1.807, 2.05) is 30.3 Å². The van der Waals surface area contributed by atoms with Gasteiger partial charge in [0.05, 0.1) is 12.6 Å². The molecule has 0 heterocycles. The third-order valence-corrected chi connectivity index (χ3v) is 3.31. The molecule has 0 aliphatic heterocycles. The van der Waals surface area contributed by atoms with Gasteiger partial charge < -0.3 is 20.5 Å². The lowest BCUT2D eigenvalue weighted by Crippen LogP contribution is -2.37. The van der Waals surface area contributed by atoms with Gasteiger partial charge in [-0.05, 0) is 36.2 Å². The summed E-state index contributed by atoms with van der Waals surface area (Å²) in [4.78, 5) is 12.1. The Morgan fingerprint density at radius 2 is 1.78 bits per heavy atom. The van der Waals surface area contributed by atoms with Crippen molar-refractivity contribution in [3.63, 3.8) is 0 Å². The molecule has 1 unspecified atom stereocenters. The number of hydrogen-bond donors (Lipinski definition) is 2. The van der Waals surface area contributed by atoms with Gasteiger partial charge in [0.15, 0.2) is 0 Å². The summed E-state index contributed by atoms with van der Waals surface area (Å²) in [5, 5.41) is 2.81. The van der Waals surface area contributed by atoms with Crippen LogP contribution in [-0.2, 0) is 16.0 Å². The van der Waals surface area contributed by atoms with E-state index < -0.39 is 6.04 Å². The minimum atomic E-state index is -0.588. The second-order valence-electron chi connectivity index (χ2n) is 5.15. The van der Waals surface area contributed by atoms with E-state index in [2.05, 4.69) is 5.32 Å². The molecule has 1 amide bonds. The van der Waals surface area contributed by atoms with E-state index >= 15 is 0 Å². The van der Waals surface area contributed by atoms with Crippen molar-refractivity contribution in [1.82, 2.24) is 0 Å². The number of nitrogens with one attached hydrogen (secondary N) is 1. The van der Waals surface area contributed by atoms with Crippen molar-refractivity contribution in [2.75, 3.05) is 25.6 Å². The molecular formula is C18H22N2O3. The number of carbonyl (C=O) groups is 1. The van der Waals surface area contributed by atoms with E-state index in [1.54, 1.807) is 31.4 Å². The van der Waals surface area contributed by atoms with Crippen molar-refractivity contribution < 1.29 is 14.3 Å². The van der Waals surface area contributed by atoms with Gasteiger partial charge in [-0.1, -0.05) is 30.3 Å². The van der Waals surface area contributed by atoms with E-state index in [0.717, 1.165) is 11.3 Å². The number of amides is 1. The summed E-state index contributed by atoms with van der Waals surface area (Å²) < 4.78 is 10.4. The Labute approximate surface area is 136 Å². The number of anilines is 1. The van der Waals surface area contributed by atoms with Crippen molar-refractivity contribution in [3.05, 3.63) is 60.2 Å². The zero-order valence-electron chi connectivity index (χ0n) is 13.2. The van der Waals surface area contributed by atoms with Crippen molar-refractivity contribution in [2.24, 2.45) is 5.73 Å². The Hall–Kier alpha value is -2.37. The fourth-order valence-electron chi connectivity index (χ4n) is 2.07. The number of hydrogen-bond acceptors (Lipinski definition) is 4. The van der Waals surface area contributed by atoms with Crippen LogP contribution >= 0.6 is 0 Å². The van der Waals surface area contributed by atoms with Crippen LogP contribution in [-0.4, -0.2) is 32.3 Å². The van der Waals surface area contributed by atoms with E-state index in [9.17, 15) is 4.79 Å². The SMILES string of the molecule is COCCOc1ccc(NC(=O)C(N)Cc2ccccc2)cc1. The molecule has 5 heteroatoms. The minimum absolute atomic E-state index is 0.207. The molecule has 0 aromatic heterocycles. The number of rotatable bonds is 8. The number of methoxy groups -OCH3 is 1. The molecular weight excluding hydrogens is 292 g/mol. The third-order valence-electron chi connectivity index (χ3n) is 3.31. The first kappa shape index (κ1) is 17.0. The molecule has 23 heavy (non-hydrogen) atoms. The Morgan fingerprint density at radius 1 is 1.09 bits per heavy atom. The van der Waals surface area contributed by atoms with E-state index in [1.165, 1.54) is 0 Å². The quantitative estimate of drug-likeness (QED) is 0.733. The first-order valence-corrected chi connectivity index (χ1v) is 7.51. The normalized spacial score (nSPS) is 11.7. The Bertz CT molecular complexity index is 599. The fourth-order valence-corrected chi connectivity index (χ4v) is 2.07. The van der Waals surface area contributed by atoms with Crippen molar-refractivity contribution in [2.45, 2.75) is 12.5 Å². The molecule has 5 nitrogen and oxygen atoms in total. The predicted molar refractivity (Wildman–Crippen MR) is 90.6 cm³/mol. The first-order chi connectivity index (χ1) is 11.2. The predicted octanol–water partition coefficient (Wildman–Crippen LogP) is 2.22. The summed E-state index contributed by atoms with van der Waals surface area (Å²) in [7, 11) is 1.63. The van der Waals surface area contributed by atoms with Crippen LogP contribution in [0.3, 0.4) is 0 Å². The van der Waals surface area contributed by atoms with Gasteiger partial charge in [0.2, 0.25) is 5.91 Å². The Balaban J connectivity index is 1.84. The van der Waals surface area contributed by atoms with Crippen LogP contribution < -0.4 is 15.8 Å². The van der Waals surface area contributed by atoms with Crippen LogP contribution in [0.15, 0.2) is 54.6 Å². The van der Waals surface area contributed by atoms with Crippen LogP contribution in [0.1, 0.15) is 5.56 Å². The molecule has 0 radical (unpaired) electrons. The van der Waals surface area contributed by atoms with Crippen LogP contribution in [0.5, 0.6) is 5.75 Å². The topological polar surface area (TPSA) is 73.6 Å². The first-order valence-electron chi connectivity index (χ1n) is 7.51. The summed E-state index contributed by atoms with van der Waals surface area (Å²) in [6, 6.07) is 16.3. The van der Waals surface area contributed by atoms with Gasteiger partial charge in [-0.25, -0.2) is 0 Å². The molecule has 2 aromatic carbocycles. The summed E-state index contributed by atoms with van der Waals surface area (Å²) in [6.07, 6.45) is 0.505. The lowest BCUT2D eigenvalue weighted by molar-refractivity contribution is -0.117. The van der Waals surface area contributed by atoms with Crippen LogP contribution in [0.25, 0.3) is 0 Å². The second kappa shape index (κ2) is 8.92. The highest BCUT2D eigenvalue weighted by Gasteiger charge is 2.14. The molecule has 2 aromatic rings. The number of ether oxygens (including phenoxy) is 2. The molecule has 0 aliphatic rings. The Morgan fingerprint density at radius 3 is 2.43 bits per heavy atom. The summed E-state index contributed by atoms with van der Waals surface area (Å²) in [6.45, 7) is 1.02. The fraction of sp³-hybridized carbons (Fsp3) is 0.278. The highest BCUT2D eigenvalue weighted by Crippen LogP contribution is 2.16. The lowest BCUT2D eigenvalue weighted by atomic mass is 10.1.